The van der Waals surface area contributed by atoms with Crippen LogP contribution in [0.15, 0.2) is 44.2 Å². The van der Waals surface area contributed by atoms with Crippen molar-refractivity contribution >= 4 is 25.8 Å². The Kier molecular flexibility index (Phi) is 5.37. The summed E-state index contributed by atoms with van der Waals surface area (Å²) in [5, 5.41) is 3.66. The predicted octanol–water partition coefficient (Wildman–Crippen LogP) is 5.70. The largest absolute Gasteiger partial charge is 0.354 e. The fourth-order valence-corrected chi connectivity index (χ4v) is 4.29. The lowest BCUT2D eigenvalue weighted by Crippen LogP contribution is -2.05. The maximum Gasteiger partial charge on any atom is 0.298 e. The van der Waals surface area contributed by atoms with Gasteiger partial charge in [-0.25, -0.2) is 26.0 Å². The van der Waals surface area contributed by atoms with Crippen LogP contribution in [0.4, 0.5) is 17.6 Å². The first-order valence-electron chi connectivity index (χ1n) is 7.73. The second-order valence-electron chi connectivity index (χ2n) is 6.13. The maximum absolute atomic E-state index is 14.3. The standard InChI is InChI=1S/C18H12BrF4NO3S/c1-8-3-10(5-11(19)4-8)15-14(16(18(22)23)27-24-15)9-6-12(20)17(13(21)7-9)28(2,25)26/h3-7,18H,1-2H3. The van der Waals surface area contributed by atoms with Gasteiger partial charge >= 0.3 is 0 Å². The smallest absolute Gasteiger partial charge is 0.298 e. The molecule has 148 valence electrons. The SMILES string of the molecule is Cc1cc(Br)cc(-c2noc(C(F)F)c2-c2cc(F)c(S(C)(=O)=O)c(F)c2)c1. The van der Waals surface area contributed by atoms with Gasteiger partial charge in [-0.2, -0.15) is 0 Å². The van der Waals surface area contributed by atoms with Crippen molar-refractivity contribution in [2.75, 3.05) is 6.26 Å². The molecule has 0 amide bonds. The summed E-state index contributed by atoms with van der Waals surface area (Å²) in [5.41, 5.74) is 0.481. The van der Waals surface area contributed by atoms with Crippen LogP contribution < -0.4 is 0 Å². The van der Waals surface area contributed by atoms with Crippen LogP contribution in [0.1, 0.15) is 17.7 Å². The molecule has 0 N–H and O–H groups in total. The van der Waals surface area contributed by atoms with Gasteiger partial charge in [0, 0.05) is 16.3 Å². The van der Waals surface area contributed by atoms with Crippen molar-refractivity contribution in [3.8, 4) is 22.4 Å². The van der Waals surface area contributed by atoms with Crippen molar-refractivity contribution < 1.29 is 30.5 Å². The molecule has 2 aromatic carbocycles. The summed E-state index contributed by atoms with van der Waals surface area (Å²) in [6.45, 7) is 1.77. The van der Waals surface area contributed by atoms with Gasteiger partial charge in [0.1, 0.15) is 22.2 Å². The Morgan fingerprint density at radius 3 is 2.14 bits per heavy atom. The number of hydrogen-bond acceptors (Lipinski definition) is 4. The molecule has 3 aromatic rings. The quantitative estimate of drug-likeness (QED) is 0.452. The van der Waals surface area contributed by atoms with E-state index in [2.05, 4.69) is 21.1 Å². The van der Waals surface area contributed by atoms with Crippen LogP contribution in [0.25, 0.3) is 22.4 Å². The highest BCUT2D eigenvalue weighted by Crippen LogP contribution is 2.41. The highest BCUT2D eigenvalue weighted by Gasteiger charge is 2.29. The first-order chi connectivity index (χ1) is 13.0. The lowest BCUT2D eigenvalue weighted by Gasteiger charge is -2.09. The molecule has 0 saturated carbocycles. The zero-order valence-corrected chi connectivity index (χ0v) is 16.8. The summed E-state index contributed by atoms with van der Waals surface area (Å²) in [4.78, 5) is -1.13. The highest BCUT2D eigenvalue weighted by atomic mass is 79.9. The van der Waals surface area contributed by atoms with Gasteiger partial charge in [0.25, 0.3) is 6.43 Å². The monoisotopic (exact) mass is 477 g/mol. The number of sulfone groups is 1. The van der Waals surface area contributed by atoms with E-state index < -0.39 is 38.6 Å². The van der Waals surface area contributed by atoms with E-state index in [9.17, 15) is 26.0 Å². The molecule has 10 heteroatoms. The molecule has 0 fully saturated rings. The average Bonchev–Trinajstić information content (AvgIpc) is 2.96. The Morgan fingerprint density at radius 1 is 1.04 bits per heavy atom. The Bertz CT molecular complexity index is 1130. The zero-order valence-electron chi connectivity index (χ0n) is 14.4. The van der Waals surface area contributed by atoms with Crippen molar-refractivity contribution in [1.82, 2.24) is 5.16 Å². The minimum absolute atomic E-state index is 0.0504. The summed E-state index contributed by atoms with van der Waals surface area (Å²) >= 11 is 3.29. The zero-order chi connectivity index (χ0) is 20.8. The van der Waals surface area contributed by atoms with E-state index in [1.54, 1.807) is 25.1 Å². The number of benzene rings is 2. The molecule has 1 heterocycles. The van der Waals surface area contributed by atoms with Crippen LogP contribution in [0.3, 0.4) is 0 Å². The lowest BCUT2D eigenvalue weighted by molar-refractivity contribution is 0.113. The Hall–Kier alpha value is -2.20. The maximum atomic E-state index is 14.3. The topological polar surface area (TPSA) is 60.2 Å². The third-order valence-corrected chi connectivity index (χ3v) is 5.48. The third kappa shape index (κ3) is 3.83. The van der Waals surface area contributed by atoms with E-state index in [4.69, 9.17) is 4.52 Å². The average molecular weight is 478 g/mol. The van der Waals surface area contributed by atoms with Crippen molar-refractivity contribution in [3.05, 3.63) is 57.8 Å². The number of halogens is 5. The summed E-state index contributed by atoms with van der Waals surface area (Å²) in [5.74, 6) is -3.66. The first kappa shape index (κ1) is 20.5. The van der Waals surface area contributed by atoms with Crippen LogP contribution in [-0.2, 0) is 9.84 Å². The molecule has 0 aliphatic heterocycles. The molecule has 0 saturated heterocycles. The minimum Gasteiger partial charge on any atom is -0.354 e. The highest BCUT2D eigenvalue weighted by molar-refractivity contribution is 9.10. The second kappa shape index (κ2) is 7.32. The molecule has 0 spiro atoms. The fourth-order valence-electron chi connectivity index (χ4n) is 2.86. The van der Waals surface area contributed by atoms with Gasteiger partial charge in [-0.3, -0.25) is 0 Å². The normalized spacial score (nSPS) is 12.0. The van der Waals surface area contributed by atoms with E-state index in [0.29, 0.717) is 28.4 Å². The summed E-state index contributed by atoms with van der Waals surface area (Å²) < 4.78 is 84.1. The molecule has 0 unspecified atom stereocenters. The van der Waals surface area contributed by atoms with Gasteiger partial charge < -0.3 is 4.52 Å². The van der Waals surface area contributed by atoms with Crippen LogP contribution in [0.5, 0.6) is 0 Å². The van der Waals surface area contributed by atoms with Gasteiger partial charge in [0.15, 0.2) is 9.84 Å². The van der Waals surface area contributed by atoms with Crippen LogP contribution in [0, 0.1) is 18.6 Å². The third-order valence-electron chi connectivity index (χ3n) is 3.89. The van der Waals surface area contributed by atoms with Crippen molar-refractivity contribution in [3.63, 3.8) is 0 Å². The lowest BCUT2D eigenvalue weighted by atomic mass is 9.98. The molecule has 1 aromatic heterocycles. The minimum atomic E-state index is -4.19. The van der Waals surface area contributed by atoms with Gasteiger partial charge in [-0.15, -0.1) is 0 Å². The van der Waals surface area contributed by atoms with E-state index in [-0.39, 0.29) is 16.8 Å². The van der Waals surface area contributed by atoms with E-state index in [1.165, 1.54) is 0 Å². The van der Waals surface area contributed by atoms with E-state index in [0.717, 1.165) is 5.56 Å². The Balaban J connectivity index is 2.31. The summed E-state index contributed by atoms with van der Waals surface area (Å²) in [6.07, 6.45) is -2.46. The predicted molar refractivity (Wildman–Crippen MR) is 97.8 cm³/mol. The number of aromatic nitrogens is 1. The van der Waals surface area contributed by atoms with E-state index in [1.807, 2.05) is 0 Å². The molecule has 28 heavy (non-hydrogen) atoms. The van der Waals surface area contributed by atoms with Crippen molar-refractivity contribution in [2.45, 2.75) is 18.2 Å². The van der Waals surface area contributed by atoms with Crippen LogP contribution >= 0.6 is 15.9 Å². The summed E-state index contributed by atoms with van der Waals surface area (Å²) in [7, 11) is -4.19. The summed E-state index contributed by atoms with van der Waals surface area (Å²) in [6, 6.07) is 6.34. The molecule has 0 aliphatic carbocycles. The second-order valence-corrected chi connectivity index (χ2v) is 9.00. The van der Waals surface area contributed by atoms with Gasteiger partial charge in [0.05, 0.1) is 5.56 Å². The number of aryl methyl sites for hydroxylation is 1. The number of nitrogens with zero attached hydrogens (tertiary/aromatic N) is 1. The van der Waals surface area contributed by atoms with E-state index >= 15 is 0 Å². The molecule has 4 nitrogen and oxygen atoms in total. The molecular formula is C18H12BrF4NO3S. The molecule has 0 aliphatic rings. The first-order valence-corrected chi connectivity index (χ1v) is 10.4. The number of alkyl halides is 2. The van der Waals surface area contributed by atoms with Gasteiger partial charge in [-0.05, 0) is 48.4 Å². The van der Waals surface area contributed by atoms with Crippen LogP contribution in [-0.4, -0.2) is 19.8 Å². The number of rotatable bonds is 4. The Labute approximate surface area is 166 Å². The molecule has 0 radical (unpaired) electrons. The molecule has 3 rings (SSSR count). The van der Waals surface area contributed by atoms with Crippen LogP contribution in [0.2, 0.25) is 0 Å². The Morgan fingerprint density at radius 2 is 1.64 bits per heavy atom. The molecular weight excluding hydrogens is 466 g/mol. The van der Waals surface area contributed by atoms with Crippen molar-refractivity contribution in [1.29, 1.82) is 0 Å². The fraction of sp³-hybridized carbons (Fsp3) is 0.167. The molecule has 0 bridgehead atoms. The number of hydrogen-bond donors (Lipinski definition) is 0. The van der Waals surface area contributed by atoms with Crippen molar-refractivity contribution in [2.24, 2.45) is 0 Å². The molecule has 0 atom stereocenters. The van der Waals surface area contributed by atoms with Gasteiger partial charge in [0.2, 0.25) is 5.76 Å². The van der Waals surface area contributed by atoms with Gasteiger partial charge in [-0.1, -0.05) is 21.1 Å².